The minimum absolute atomic E-state index is 0.0826. The lowest BCUT2D eigenvalue weighted by atomic mass is 10.2. The van der Waals surface area contributed by atoms with Gasteiger partial charge in [-0.3, -0.25) is 0 Å². The Morgan fingerprint density at radius 2 is 2.05 bits per heavy atom. The molecule has 1 aromatic rings. The molecule has 5 nitrogen and oxygen atoms in total. The van der Waals surface area contributed by atoms with Crippen LogP contribution in [0.15, 0.2) is 29.2 Å². The third kappa shape index (κ3) is 3.11. The van der Waals surface area contributed by atoms with E-state index >= 15 is 0 Å². The molecule has 0 saturated carbocycles. The van der Waals surface area contributed by atoms with E-state index < -0.39 is 15.8 Å². The monoisotopic (exact) mass is 288 g/mol. The maximum absolute atomic E-state index is 12.8. The molecule has 1 aliphatic heterocycles. The highest BCUT2D eigenvalue weighted by molar-refractivity contribution is 7.89. The Morgan fingerprint density at radius 3 is 2.63 bits per heavy atom. The lowest BCUT2D eigenvalue weighted by Gasteiger charge is -2.33. The molecule has 1 aliphatic rings. The van der Waals surface area contributed by atoms with Gasteiger partial charge in [0.25, 0.3) is 0 Å². The molecule has 19 heavy (non-hydrogen) atoms. The second kappa shape index (κ2) is 5.54. The second-order valence-electron chi connectivity index (χ2n) is 4.59. The molecule has 0 amide bonds. The molecule has 0 radical (unpaired) electrons. The first kappa shape index (κ1) is 14.4. The number of hydrogen-bond acceptors (Lipinski definition) is 4. The van der Waals surface area contributed by atoms with Crippen LogP contribution in [0.5, 0.6) is 0 Å². The average molecular weight is 288 g/mol. The highest BCUT2D eigenvalue weighted by Crippen LogP contribution is 2.19. The third-order valence-corrected chi connectivity index (χ3v) is 4.97. The van der Waals surface area contributed by atoms with Gasteiger partial charge in [0.1, 0.15) is 5.82 Å². The van der Waals surface area contributed by atoms with Gasteiger partial charge in [-0.05, 0) is 31.2 Å². The third-order valence-electron chi connectivity index (χ3n) is 3.09. The summed E-state index contributed by atoms with van der Waals surface area (Å²) in [4.78, 5) is 0.0826. The van der Waals surface area contributed by atoms with Crippen molar-refractivity contribution in [3.8, 4) is 0 Å². The van der Waals surface area contributed by atoms with Crippen LogP contribution in [0.1, 0.15) is 6.92 Å². The largest absolute Gasteiger partial charge is 0.374 e. The number of hydrogen-bond donors (Lipinski definition) is 1. The lowest BCUT2D eigenvalue weighted by Crippen LogP contribution is -2.51. The Balaban J connectivity index is 2.22. The van der Waals surface area contributed by atoms with Crippen LogP contribution in [0.3, 0.4) is 0 Å². The molecule has 1 fully saturated rings. The molecule has 2 rings (SSSR count). The van der Waals surface area contributed by atoms with Crippen LogP contribution in [-0.4, -0.2) is 44.6 Å². The number of nitrogens with two attached hydrogens (primary N) is 1. The molecule has 7 heteroatoms. The summed E-state index contributed by atoms with van der Waals surface area (Å²) in [5.74, 6) is -0.464. The van der Waals surface area contributed by atoms with Crippen LogP contribution >= 0.6 is 0 Å². The van der Waals surface area contributed by atoms with Crippen molar-refractivity contribution in [3.05, 3.63) is 30.1 Å². The van der Waals surface area contributed by atoms with Gasteiger partial charge in [0.05, 0.1) is 17.6 Å². The highest BCUT2D eigenvalue weighted by Gasteiger charge is 2.32. The van der Waals surface area contributed by atoms with E-state index in [-0.39, 0.29) is 30.1 Å². The van der Waals surface area contributed by atoms with Crippen LogP contribution in [0, 0.1) is 5.82 Å². The average Bonchev–Trinajstić information content (AvgIpc) is 2.39. The van der Waals surface area contributed by atoms with Gasteiger partial charge in [0.2, 0.25) is 10.0 Å². The van der Waals surface area contributed by atoms with Gasteiger partial charge in [-0.25, -0.2) is 12.8 Å². The topological polar surface area (TPSA) is 72.6 Å². The molecule has 2 N–H and O–H groups in total. The van der Waals surface area contributed by atoms with Crippen LogP contribution in [-0.2, 0) is 14.8 Å². The van der Waals surface area contributed by atoms with Crippen molar-refractivity contribution in [1.82, 2.24) is 4.31 Å². The summed E-state index contributed by atoms with van der Waals surface area (Å²) >= 11 is 0. The molecule has 2 atom stereocenters. The fourth-order valence-electron chi connectivity index (χ4n) is 1.94. The second-order valence-corrected chi connectivity index (χ2v) is 6.52. The van der Waals surface area contributed by atoms with Crippen molar-refractivity contribution in [2.45, 2.75) is 24.0 Å². The van der Waals surface area contributed by atoms with E-state index in [1.165, 1.54) is 16.4 Å². The summed E-state index contributed by atoms with van der Waals surface area (Å²) in [5, 5.41) is 0. The van der Waals surface area contributed by atoms with Gasteiger partial charge in [-0.15, -0.1) is 0 Å². The number of benzene rings is 1. The minimum atomic E-state index is -3.61. The molecule has 106 valence electrons. The zero-order valence-corrected chi connectivity index (χ0v) is 11.4. The molecule has 1 aromatic carbocycles. The molecule has 1 saturated heterocycles. The van der Waals surface area contributed by atoms with Gasteiger partial charge < -0.3 is 10.5 Å². The fraction of sp³-hybridized carbons (Fsp3) is 0.500. The Kier molecular flexibility index (Phi) is 4.19. The van der Waals surface area contributed by atoms with Crippen molar-refractivity contribution in [2.75, 3.05) is 19.7 Å². The van der Waals surface area contributed by atoms with E-state index in [1.54, 1.807) is 6.92 Å². The number of morpholine rings is 1. The highest BCUT2D eigenvalue weighted by atomic mass is 32.2. The first-order chi connectivity index (χ1) is 8.91. The SMILES string of the molecule is CC(N)C1CN(S(=O)(=O)c2ccc(F)cc2)CCO1. The van der Waals surface area contributed by atoms with Crippen molar-refractivity contribution in [2.24, 2.45) is 5.73 Å². The molecule has 1 heterocycles. The Hall–Kier alpha value is -1.02. The zero-order valence-electron chi connectivity index (χ0n) is 10.6. The first-order valence-electron chi connectivity index (χ1n) is 6.04. The van der Waals surface area contributed by atoms with Gasteiger partial charge in [0.15, 0.2) is 0 Å². The van der Waals surface area contributed by atoms with E-state index in [1.807, 2.05) is 0 Å². The van der Waals surface area contributed by atoms with E-state index in [9.17, 15) is 12.8 Å². The number of ether oxygens (including phenoxy) is 1. The normalized spacial score (nSPS) is 23.2. The molecular formula is C12H17FN2O3S. The summed E-state index contributed by atoms with van der Waals surface area (Å²) in [7, 11) is -3.61. The molecule has 0 bridgehead atoms. The zero-order chi connectivity index (χ0) is 14.0. The minimum Gasteiger partial charge on any atom is -0.374 e. The quantitative estimate of drug-likeness (QED) is 0.882. The van der Waals surface area contributed by atoms with Crippen molar-refractivity contribution in [3.63, 3.8) is 0 Å². The summed E-state index contributed by atoms with van der Waals surface area (Å²) in [6.45, 7) is 2.59. The maximum Gasteiger partial charge on any atom is 0.243 e. The van der Waals surface area contributed by atoms with Gasteiger partial charge in [-0.1, -0.05) is 0 Å². The molecule has 0 aliphatic carbocycles. The fourth-order valence-corrected chi connectivity index (χ4v) is 3.38. The van der Waals surface area contributed by atoms with Crippen LogP contribution < -0.4 is 5.73 Å². The first-order valence-corrected chi connectivity index (χ1v) is 7.48. The predicted octanol–water partition coefficient (Wildman–Crippen LogP) is 0.562. The van der Waals surface area contributed by atoms with Crippen molar-refractivity contribution >= 4 is 10.0 Å². The molecular weight excluding hydrogens is 271 g/mol. The molecule has 0 aromatic heterocycles. The molecule has 2 unspecified atom stereocenters. The van der Waals surface area contributed by atoms with Gasteiger partial charge >= 0.3 is 0 Å². The molecule has 0 spiro atoms. The van der Waals surface area contributed by atoms with Gasteiger partial charge in [-0.2, -0.15) is 4.31 Å². The van der Waals surface area contributed by atoms with Gasteiger partial charge in [0, 0.05) is 19.1 Å². The van der Waals surface area contributed by atoms with Crippen LogP contribution in [0.4, 0.5) is 4.39 Å². The Bertz CT molecular complexity index is 530. The predicted molar refractivity (Wildman–Crippen MR) is 68.5 cm³/mol. The Morgan fingerprint density at radius 1 is 1.42 bits per heavy atom. The number of sulfonamides is 1. The smallest absolute Gasteiger partial charge is 0.243 e. The van der Waals surface area contributed by atoms with Crippen LogP contribution in [0.25, 0.3) is 0 Å². The number of nitrogens with zero attached hydrogens (tertiary/aromatic N) is 1. The Labute approximate surface area is 112 Å². The van der Waals surface area contributed by atoms with Crippen molar-refractivity contribution in [1.29, 1.82) is 0 Å². The van der Waals surface area contributed by atoms with Crippen molar-refractivity contribution < 1.29 is 17.5 Å². The van der Waals surface area contributed by atoms with E-state index in [0.29, 0.717) is 6.61 Å². The van der Waals surface area contributed by atoms with E-state index in [0.717, 1.165) is 12.1 Å². The van der Waals surface area contributed by atoms with Crippen LogP contribution in [0.2, 0.25) is 0 Å². The summed E-state index contributed by atoms with van der Waals surface area (Å²) in [6, 6.07) is 4.56. The summed E-state index contributed by atoms with van der Waals surface area (Å²) in [6.07, 6.45) is -0.316. The number of halogens is 1. The van der Waals surface area contributed by atoms with E-state index in [2.05, 4.69) is 0 Å². The number of rotatable bonds is 3. The lowest BCUT2D eigenvalue weighted by molar-refractivity contribution is -0.0120. The standard InChI is InChI=1S/C12H17FN2O3S/c1-9(14)12-8-15(6-7-18-12)19(16,17)11-4-2-10(13)3-5-11/h2-5,9,12H,6-8,14H2,1H3. The maximum atomic E-state index is 12.8. The summed E-state index contributed by atoms with van der Waals surface area (Å²) in [5.41, 5.74) is 5.74. The van der Waals surface area contributed by atoms with E-state index in [4.69, 9.17) is 10.5 Å². The summed E-state index contributed by atoms with van der Waals surface area (Å²) < 4.78 is 44.3.